The van der Waals surface area contributed by atoms with Crippen LogP contribution < -0.4 is 0 Å². The first-order valence-electron chi connectivity index (χ1n) is 3.93. The smallest absolute Gasteiger partial charge is 0.271 e. The van der Waals surface area contributed by atoms with E-state index in [-0.39, 0.29) is 21.3 Å². The van der Waals surface area contributed by atoms with Gasteiger partial charge in [0.15, 0.2) is 5.78 Å². The number of nitrogens with zero attached hydrogens (tertiary/aromatic N) is 2. The molecule has 0 radical (unpaired) electrons. The standard InChI is InChI=1S/C8H4Cl2N2O4/c9-6-2-4(12(15)16)1-5(8(6)10)7(13)3-11-14/h1-2H,3H2. The average molecular weight is 263 g/mol. The highest BCUT2D eigenvalue weighted by Gasteiger charge is 2.19. The van der Waals surface area contributed by atoms with Gasteiger partial charge in [0.1, 0.15) is 6.54 Å². The third kappa shape index (κ3) is 2.53. The van der Waals surface area contributed by atoms with Crippen LogP contribution in [-0.2, 0) is 0 Å². The summed E-state index contributed by atoms with van der Waals surface area (Å²) < 4.78 is 0. The Morgan fingerprint density at radius 2 is 2.06 bits per heavy atom. The fraction of sp³-hybridized carbons (Fsp3) is 0.125. The highest BCUT2D eigenvalue weighted by Crippen LogP contribution is 2.31. The molecule has 0 unspecified atom stereocenters. The van der Waals surface area contributed by atoms with Crippen LogP contribution in [0.1, 0.15) is 10.4 Å². The summed E-state index contributed by atoms with van der Waals surface area (Å²) in [7, 11) is 0. The van der Waals surface area contributed by atoms with E-state index in [2.05, 4.69) is 5.18 Å². The highest BCUT2D eigenvalue weighted by atomic mass is 35.5. The molecule has 84 valence electrons. The molecule has 0 aliphatic rings. The maximum atomic E-state index is 11.3. The molecule has 0 aromatic heterocycles. The maximum absolute atomic E-state index is 11.3. The fourth-order valence-corrected chi connectivity index (χ4v) is 1.45. The summed E-state index contributed by atoms with van der Waals surface area (Å²) in [5.74, 6) is -0.717. The Morgan fingerprint density at radius 3 is 2.56 bits per heavy atom. The number of carbonyl (C=O) groups excluding carboxylic acids is 1. The van der Waals surface area contributed by atoms with Gasteiger partial charge in [-0.3, -0.25) is 14.9 Å². The van der Waals surface area contributed by atoms with E-state index in [1.165, 1.54) is 0 Å². The molecular formula is C8H4Cl2N2O4. The van der Waals surface area contributed by atoms with Crippen molar-refractivity contribution in [1.29, 1.82) is 0 Å². The van der Waals surface area contributed by atoms with Gasteiger partial charge < -0.3 is 0 Å². The number of ketones is 1. The lowest BCUT2D eigenvalue weighted by Crippen LogP contribution is -2.05. The monoisotopic (exact) mass is 262 g/mol. The molecule has 8 heteroatoms. The molecule has 0 aliphatic heterocycles. The number of Topliss-reactive ketones (excluding diaryl/α,β-unsaturated/α-hetero) is 1. The summed E-state index contributed by atoms with van der Waals surface area (Å²) in [6.07, 6.45) is 0. The van der Waals surface area contributed by atoms with Crippen LogP contribution in [0.15, 0.2) is 17.3 Å². The zero-order valence-electron chi connectivity index (χ0n) is 7.65. The molecule has 1 aromatic rings. The van der Waals surface area contributed by atoms with Crippen LogP contribution in [-0.4, -0.2) is 17.3 Å². The number of nitro groups is 1. The number of rotatable bonds is 4. The quantitative estimate of drug-likeness (QED) is 0.361. The summed E-state index contributed by atoms with van der Waals surface area (Å²) in [5.41, 5.74) is -0.552. The highest BCUT2D eigenvalue weighted by molar-refractivity contribution is 6.44. The first-order chi connectivity index (χ1) is 7.47. The van der Waals surface area contributed by atoms with E-state index in [1.54, 1.807) is 0 Å². The molecule has 0 N–H and O–H groups in total. The average Bonchev–Trinajstić information content (AvgIpc) is 2.21. The van der Waals surface area contributed by atoms with Crippen LogP contribution in [0.4, 0.5) is 5.69 Å². The molecule has 0 saturated heterocycles. The van der Waals surface area contributed by atoms with Gasteiger partial charge in [-0.05, 0) is 0 Å². The Labute approximate surface area is 99.3 Å². The van der Waals surface area contributed by atoms with E-state index in [0.717, 1.165) is 12.1 Å². The van der Waals surface area contributed by atoms with Crippen LogP contribution in [0, 0.1) is 15.0 Å². The van der Waals surface area contributed by atoms with E-state index in [9.17, 15) is 19.8 Å². The molecule has 0 atom stereocenters. The van der Waals surface area contributed by atoms with Crippen molar-refractivity contribution in [2.45, 2.75) is 0 Å². The Balaban J connectivity index is 3.31. The first kappa shape index (κ1) is 12.5. The molecule has 0 spiro atoms. The van der Waals surface area contributed by atoms with Gasteiger partial charge in [-0.2, -0.15) is 4.91 Å². The number of halogens is 2. The number of carbonyl (C=O) groups is 1. The number of non-ortho nitro benzene ring substituents is 1. The third-order valence-electron chi connectivity index (χ3n) is 1.73. The predicted molar refractivity (Wildman–Crippen MR) is 58.1 cm³/mol. The van der Waals surface area contributed by atoms with Gasteiger partial charge in [-0.1, -0.05) is 28.4 Å². The fourth-order valence-electron chi connectivity index (χ4n) is 1.03. The van der Waals surface area contributed by atoms with Crippen molar-refractivity contribution >= 4 is 34.7 Å². The summed E-state index contributed by atoms with van der Waals surface area (Å²) in [6.45, 7) is -0.642. The van der Waals surface area contributed by atoms with Gasteiger partial charge in [-0.15, -0.1) is 0 Å². The molecule has 1 aromatic carbocycles. The Kier molecular flexibility index (Phi) is 3.92. The minimum atomic E-state index is -0.717. The number of hydrogen-bond acceptors (Lipinski definition) is 5. The summed E-state index contributed by atoms with van der Waals surface area (Å²) in [4.78, 5) is 31.0. The number of hydrogen-bond donors (Lipinski definition) is 0. The summed E-state index contributed by atoms with van der Waals surface area (Å²) in [6, 6.07) is 1.98. The third-order valence-corrected chi connectivity index (χ3v) is 2.53. The summed E-state index contributed by atoms with van der Waals surface area (Å²) in [5, 5.41) is 12.6. The van der Waals surface area contributed by atoms with Gasteiger partial charge in [-0.25, -0.2) is 0 Å². The topological polar surface area (TPSA) is 89.6 Å². The number of nitroso groups, excluding NO2 is 1. The van der Waals surface area contributed by atoms with E-state index < -0.39 is 17.3 Å². The second-order valence-corrected chi connectivity index (χ2v) is 3.54. The van der Waals surface area contributed by atoms with Crippen LogP contribution in [0.3, 0.4) is 0 Å². The maximum Gasteiger partial charge on any atom is 0.271 e. The molecular weight excluding hydrogens is 259 g/mol. The molecule has 0 fully saturated rings. The summed E-state index contributed by atoms with van der Waals surface area (Å²) >= 11 is 11.3. The second kappa shape index (κ2) is 5.00. The second-order valence-electron chi connectivity index (χ2n) is 2.76. The Bertz CT molecular complexity index is 475. The molecule has 1 rings (SSSR count). The van der Waals surface area contributed by atoms with Crippen molar-refractivity contribution in [3.05, 3.63) is 42.8 Å². The lowest BCUT2D eigenvalue weighted by atomic mass is 10.1. The van der Waals surface area contributed by atoms with Crippen LogP contribution >= 0.6 is 23.2 Å². The van der Waals surface area contributed by atoms with E-state index >= 15 is 0 Å². The van der Waals surface area contributed by atoms with Gasteiger partial charge in [0.05, 0.1) is 15.0 Å². The van der Waals surface area contributed by atoms with Crippen molar-refractivity contribution < 1.29 is 9.72 Å². The van der Waals surface area contributed by atoms with Crippen molar-refractivity contribution in [2.24, 2.45) is 5.18 Å². The SMILES string of the molecule is O=NCC(=O)c1cc([N+](=O)[O-])cc(Cl)c1Cl. The van der Waals surface area contributed by atoms with Crippen molar-refractivity contribution in [3.63, 3.8) is 0 Å². The van der Waals surface area contributed by atoms with Crippen molar-refractivity contribution in [2.75, 3.05) is 6.54 Å². The van der Waals surface area contributed by atoms with Crippen LogP contribution in [0.2, 0.25) is 10.0 Å². The molecule has 0 aliphatic carbocycles. The lowest BCUT2D eigenvalue weighted by molar-refractivity contribution is -0.384. The molecule has 0 saturated carbocycles. The number of nitro benzene ring substituents is 1. The molecule has 6 nitrogen and oxygen atoms in total. The predicted octanol–water partition coefficient (Wildman–Crippen LogP) is 2.85. The lowest BCUT2D eigenvalue weighted by Gasteiger charge is -2.02. The zero-order chi connectivity index (χ0) is 12.3. The number of benzene rings is 1. The van der Waals surface area contributed by atoms with Crippen molar-refractivity contribution in [3.8, 4) is 0 Å². The normalized spacial score (nSPS) is 9.88. The minimum absolute atomic E-state index is 0.120. The largest absolute Gasteiger partial charge is 0.292 e. The van der Waals surface area contributed by atoms with Crippen LogP contribution in [0.5, 0.6) is 0 Å². The van der Waals surface area contributed by atoms with Gasteiger partial charge in [0.2, 0.25) is 0 Å². The molecule has 16 heavy (non-hydrogen) atoms. The Morgan fingerprint density at radius 1 is 1.44 bits per heavy atom. The molecule has 0 bridgehead atoms. The van der Waals surface area contributed by atoms with E-state index in [0.29, 0.717) is 0 Å². The van der Waals surface area contributed by atoms with E-state index in [1.807, 2.05) is 0 Å². The first-order valence-corrected chi connectivity index (χ1v) is 4.68. The van der Waals surface area contributed by atoms with Crippen LogP contribution in [0.25, 0.3) is 0 Å². The van der Waals surface area contributed by atoms with Gasteiger partial charge in [0.25, 0.3) is 5.69 Å². The Hall–Kier alpha value is -1.53. The van der Waals surface area contributed by atoms with Gasteiger partial charge in [0, 0.05) is 17.7 Å². The van der Waals surface area contributed by atoms with Crippen molar-refractivity contribution in [1.82, 2.24) is 0 Å². The minimum Gasteiger partial charge on any atom is -0.292 e. The molecule has 0 heterocycles. The zero-order valence-corrected chi connectivity index (χ0v) is 9.16. The molecule has 0 amide bonds. The van der Waals surface area contributed by atoms with E-state index in [4.69, 9.17) is 23.2 Å². The van der Waals surface area contributed by atoms with Gasteiger partial charge >= 0.3 is 0 Å².